The van der Waals surface area contributed by atoms with Gasteiger partial charge in [0.2, 0.25) is 0 Å². The molecule has 1 aromatic rings. The van der Waals surface area contributed by atoms with Crippen molar-refractivity contribution in [1.29, 1.82) is 0 Å². The summed E-state index contributed by atoms with van der Waals surface area (Å²) in [6.45, 7) is 9.60. The zero-order valence-corrected chi connectivity index (χ0v) is 10.9. The van der Waals surface area contributed by atoms with Crippen LogP contribution in [0.3, 0.4) is 0 Å². The van der Waals surface area contributed by atoms with Gasteiger partial charge in [-0.25, -0.2) is 0 Å². The van der Waals surface area contributed by atoms with Gasteiger partial charge in [0, 0.05) is 11.3 Å². The van der Waals surface area contributed by atoms with E-state index in [9.17, 15) is 0 Å². The zero-order valence-electron chi connectivity index (χ0n) is 10.9. The third kappa shape index (κ3) is 1.31. The van der Waals surface area contributed by atoms with Crippen LogP contribution in [0, 0.1) is 0 Å². The highest BCUT2D eigenvalue weighted by molar-refractivity contribution is 5.61. The molecule has 3 rings (SSSR count). The Balaban J connectivity index is 2.25. The highest BCUT2D eigenvalue weighted by Gasteiger charge is 2.51. The van der Waals surface area contributed by atoms with Crippen LogP contribution in [0.25, 0.3) is 6.08 Å². The lowest BCUT2D eigenvalue weighted by molar-refractivity contribution is -0.0650. The van der Waals surface area contributed by atoms with E-state index < -0.39 is 0 Å². The van der Waals surface area contributed by atoms with Crippen LogP contribution in [0.5, 0.6) is 0 Å². The lowest BCUT2D eigenvalue weighted by Gasteiger charge is -2.45. The van der Waals surface area contributed by atoms with Crippen molar-refractivity contribution in [2.24, 2.45) is 0 Å². The molecule has 0 radical (unpaired) electrons. The van der Waals surface area contributed by atoms with Crippen LogP contribution < -0.4 is 0 Å². The van der Waals surface area contributed by atoms with Crippen LogP contribution >= 0.6 is 0 Å². The summed E-state index contributed by atoms with van der Waals surface area (Å²) >= 11 is 0. The number of allylic oxidation sites excluding steroid dienone is 1. The normalized spacial score (nSPS) is 29.6. The smallest absolute Gasteiger partial charge is 0.165 e. The second-order valence-corrected chi connectivity index (χ2v) is 5.79. The van der Waals surface area contributed by atoms with Gasteiger partial charge in [-0.3, -0.25) is 0 Å². The monoisotopic (exact) mass is 229 g/mol. The van der Waals surface area contributed by atoms with E-state index in [4.69, 9.17) is 4.74 Å². The van der Waals surface area contributed by atoms with Crippen LogP contribution in [0.2, 0.25) is 0 Å². The van der Waals surface area contributed by atoms with E-state index in [2.05, 4.69) is 62.9 Å². The van der Waals surface area contributed by atoms with E-state index in [0.29, 0.717) is 0 Å². The summed E-state index contributed by atoms with van der Waals surface area (Å²) in [7, 11) is 0. The first-order valence-electron chi connectivity index (χ1n) is 6.17. The lowest BCUT2D eigenvalue weighted by atomic mass is 9.89. The molecule has 0 aromatic heterocycles. The third-order valence-electron chi connectivity index (χ3n) is 3.92. The van der Waals surface area contributed by atoms with Gasteiger partial charge < -0.3 is 9.64 Å². The van der Waals surface area contributed by atoms with Gasteiger partial charge >= 0.3 is 0 Å². The Bertz CT molecular complexity index is 503. The minimum absolute atomic E-state index is 0.0584. The summed E-state index contributed by atoms with van der Waals surface area (Å²) in [6.07, 6.45) is 2.26. The minimum atomic E-state index is -0.307. The topological polar surface area (TPSA) is 12.5 Å². The standard InChI is InChI=1S/C15H19NO/c1-11-9-12-7-5-6-8-13(12)15(4)16(11)14(2,3)10-17-15/h5-9H,10H2,1-4H3. The van der Waals surface area contributed by atoms with Gasteiger partial charge in [0.05, 0.1) is 12.1 Å². The van der Waals surface area contributed by atoms with Gasteiger partial charge in [-0.05, 0) is 39.3 Å². The van der Waals surface area contributed by atoms with Crippen molar-refractivity contribution in [2.45, 2.75) is 39.0 Å². The maximum absolute atomic E-state index is 6.14. The second kappa shape index (κ2) is 3.14. The first kappa shape index (κ1) is 10.8. The van der Waals surface area contributed by atoms with E-state index in [1.165, 1.54) is 16.8 Å². The highest BCUT2D eigenvalue weighted by Crippen LogP contribution is 2.48. The molecule has 2 heteroatoms. The fourth-order valence-corrected chi connectivity index (χ4v) is 3.37. The number of benzene rings is 1. The lowest BCUT2D eigenvalue weighted by Crippen LogP contribution is -2.49. The molecule has 2 aliphatic rings. The van der Waals surface area contributed by atoms with Crippen LogP contribution in [0.1, 0.15) is 38.8 Å². The molecule has 1 fully saturated rings. The Morgan fingerprint density at radius 2 is 1.88 bits per heavy atom. The van der Waals surface area contributed by atoms with Gasteiger partial charge in [-0.1, -0.05) is 24.3 Å². The number of rotatable bonds is 0. The van der Waals surface area contributed by atoms with E-state index in [1.807, 2.05) is 0 Å². The van der Waals surface area contributed by atoms with Crippen LogP contribution in [0.15, 0.2) is 30.0 Å². The average molecular weight is 229 g/mol. The van der Waals surface area contributed by atoms with Gasteiger partial charge in [0.25, 0.3) is 0 Å². The van der Waals surface area contributed by atoms with Crippen molar-refractivity contribution in [3.8, 4) is 0 Å². The molecule has 0 bridgehead atoms. The van der Waals surface area contributed by atoms with E-state index in [1.54, 1.807) is 0 Å². The van der Waals surface area contributed by atoms with Crippen molar-refractivity contribution in [3.05, 3.63) is 41.1 Å². The van der Waals surface area contributed by atoms with Gasteiger partial charge in [0.1, 0.15) is 0 Å². The molecule has 1 aromatic carbocycles. The van der Waals surface area contributed by atoms with Crippen molar-refractivity contribution in [2.75, 3.05) is 6.61 Å². The maximum Gasteiger partial charge on any atom is 0.165 e. The van der Waals surface area contributed by atoms with E-state index in [0.717, 1.165) is 6.61 Å². The molecular weight excluding hydrogens is 210 g/mol. The summed E-state index contributed by atoms with van der Waals surface area (Å²) in [5.74, 6) is 0. The predicted molar refractivity (Wildman–Crippen MR) is 69.3 cm³/mol. The second-order valence-electron chi connectivity index (χ2n) is 5.79. The van der Waals surface area contributed by atoms with Crippen LogP contribution in [-0.4, -0.2) is 17.0 Å². The summed E-state index contributed by atoms with van der Waals surface area (Å²) in [5.41, 5.74) is 3.59. The van der Waals surface area contributed by atoms with Crippen molar-refractivity contribution >= 4 is 6.08 Å². The number of ether oxygens (including phenoxy) is 1. The Morgan fingerprint density at radius 3 is 2.65 bits per heavy atom. The van der Waals surface area contributed by atoms with Crippen molar-refractivity contribution in [1.82, 2.24) is 4.90 Å². The van der Waals surface area contributed by atoms with E-state index in [-0.39, 0.29) is 11.3 Å². The Kier molecular flexibility index (Phi) is 2.00. The largest absolute Gasteiger partial charge is 0.349 e. The fourth-order valence-electron chi connectivity index (χ4n) is 3.37. The molecule has 17 heavy (non-hydrogen) atoms. The molecule has 0 saturated carbocycles. The number of hydrogen-bond acceptors (Lipinski definition) is 2. The predicted octanol–water partition coefficient (Wildman–Crippen LogP) is 3.34. The van der Waals surface area contributed by atoms with Crippen molar-refractivity contribution in [3.63, 3.8) is 0 Å². The Hall–Kier alpha value is -1.28. The van der Waals surface area contributed by atoms with Gasteiger partial charge in [-0.2, -0.15) is 0 Å². The maximum atomic E-state index is 6.14. The molecule has 90 valence electrons. The molecule has 0 amide bonds. The number of nitrogens with zero attached hydrogens (tertiary/aromatic N) is 1. The van der Waals surface area contributed by atoms with Crippen LogP contribution in [0.4, 0.5) is 0 Å². The quantitative estimate of drug-likeness (QED) is 0.676. The zero-order chi connectivity index (χ0) is 12.3. The van der Waals surface area contributed by atoms with Gasteiger partial charge in [-0.15, -0.1) is 0 Å². The molecule has 0 N–H and O–H groups in total. The number of fused-ring (bicyclic) bond motifs is 3. The highest BCUT2D eigenvalue weighted by atomic mass is 16.5. The summed E-state index contributed by atoms with van der Waals surface area (Å²) in [4.78, 5) is 2.41. The molecule has 0 spiro atoms. The number of hydrogen-bond donors (Lipinski definition) is 0. The molecular formula is C15H19NO. The first-order chi connectivity index (χ1) is 7.95. The summed E-state index contributed by atoms with van der Waals surface area (Å²) < 4.78 is 6.14. The van der Waals surface area contributed by atoms with Crippen molar-refractivity contribution < 1.29 is 4.74 Å². The fraction of sp³-hybridized carbons (Fsp3) is 0.467. The Morgan fingerprint density at radius 1 is 1.18 bits per heavy atom. The molecule has 2 nitrogen and oxygen atoms in total. The molecule has 2 heterocycles. The average Bonchev–Trinajstić information content (AvgIpc) is 2.51. The molecule has 1 atom stereocenters. The third-order valence-corrected chi connectivity index (χ3v) is 3.92. The molecule has 1 unspecified atom stereocenters. The molecule has 0 aliphatic carbocycles. The SMILES string of the molecule is CC1=Cc2ccccc2C2(C)OCC(C)(C)N12. The summed E-state index contributed by atoms with van der Waals surface area (Å²) in [5, 5.41) is 0. The van der Waals surface area contributed by atoms with E-state index >= 15 is 0 Å². The summed E-state index contributed by atoms with van der Waals surface area (Å²) in [6, 6.07) is 8.51. The minimum Gasteiger partial charge on any atom is -0.349 e. The molecule has 1 saturated heterocycles. The van der Waals surface area contributed by atoms with Gasteiger partial charge in [0.15, 0.2) is 5.72 Å². The van der Waals surface area contributed by atoms with Crippen LogP contribution in [-0.2, 0) is 10.5 Å². The first-order valence-corrected chi connectivity index (χ1v) is 6.17. The Labute approximate surface area is 103 Å². The molecule has 2 aliphatic heterocycles.